The van der Waals surface area contributed by atoms with Crippen LogP contribution in [0.15, 0.2) is 6.33 Å². The molecule has 0 radical (unpaired) electrons. The number of aromatic nitrogens is 2. The lowest BCUT2D eigenvalue weighted by Gasteiger charge is -2.35. The van der Waals surface area contributed by atoms with E-state index in [-0.39, 0.29) is 0 Å². The van der Waals surface area contributed by atoms with Crippen molar-refractivity contribution < 1.29 is 0 Å². The fraction of sp³-hybridized carbons (Fsp3) is 0.636. The standard InChI is InChI=1S/C11H17ClN4/c1-3-15-4-6-16(7-5-15)11-9(2)10(12)13-8-14-11/h8H,3-7H2,1-2H3. The minimum absolute atomic E-state index is 0.558. The predicted molar refractivity (Wildman–Crippen MR) is 66.1 cm³/mol. The summed E-state index contributed by atoms with van der Waals surface area (Å²) in [5.74, 6) is 0.982. The van der Waals surface area contributed by atoms with Crippen LogP contribution in [-0.4, -0.2) is 47.6 Å². The van der Waals surface area contributed by atoms with E-state index in [1.165, 1.54) is 6.33 Å². The van der Waals surface area contributed by atoms with Crippen LogP contribution in [0.4, 0.5) is 5.82 Å². The van der Waals surface area contributed by atoms with E-state index in [2.05, 4.69) is 26.7 Å². The summed E-state index contributed by atoms with van der Waals surface area (Å²) in [5, 5.41) is 0.558. The summed E-state index contributed by atoms with van der Waals surface area (Å²) in [6.45, 7) is 9.52. The Bertz CT molecular complexity index is 361. The number of piperazine rings is 1. The lowest BCUT2D eigenvalue weighted by molar-refractivity contribution is 0.270. The SMILES string of the molecule is CCN1CCN(c2ncnc(Cl)c2C)CC1. The molecule has 0 bridgehead atoms. The highest BCUT2D eigenvalue weighted by atomic mass is 35.5. The zero-order valence-corrected chi connectivity index (χ0v) is 10.5. The quantitative estimate of drug-likeness (QED) is 0.735. The van der Waals surface area contributed by atoms with Gasteiger partial charge in [-0.1, -0.05) is 18.5 Å². The highest BCUT2D eigenvalue weighted by Gasteiger charge is 2.19. The topological polar surface area (TPSA) is 32.3 Å². The van der Waals surface area contributed by atoms with Crippen LogP contribution in [0.1, 0.15) is 12.5 Å². The molecular formula is C11H17ClN4. The van der Waals surface area contributed by atoms with Crippen molar-refractivity contribution in [3.05, 3.63) is 17.0 Å². The van der Waals surface area contributed by atoms with Crippen LogP contribution >= 0.6 is 11.6 Å². The van der Waals surface area contributed by atoms with Crippen LogP contribution in [-0.2, 0) is 0 Å². The number of anilines is 1. The second-order valence-corrected chi connectivity index (χ2v) is 4.39. The fourth-order valence-electron chi connectivity index (χ4n) is 2.01. The maximum atomic E-state index is 6.00. The summed E-state index contributed by atoms with van der Waals surface area (Å²) in [7, 11) is 0. The summed E-state index contributed by atoms with van der Waals surface area (Å²) >= 11 is 6.00. The van der Waals surface area contributed by atoms with E-state index in [4.69, 9.17) is 11.6 Å². The Morgan fingerprint density at radius 2 is 1.94 bits per heavy atom. The molecule has 1 aromatic heterocycles. The summed E-state index contributed by atoms with van der Waals surface area (Å²) in [6, 6.07) is 0. The van der Waals surface area contributed by atoms with Crippen LogP contribution in [0.5, 0.6) is 0 Å². The third kappa shape index (κ3) is 2.28. The van der Waals surface area contributed by atoms with Gasteiger partial charge in [0, 0.05) is 31.7 Å². The van der Waals surface area contributed by atoms with E-state index in [1.807, 2.05) is 6.92 Å². The fourth-order valence-corrected chi connectivity index (χ4v) is 2.14. The zero-order valence-electron chi connectivity index (χ0n) is 9.78. The van der Waals surface area contributed by atoms with Crippen molar-refractivity contribution >= 4 is 17.4 Å². The van der Waals surface area contributed by atoms with Crippen LogP contribution in [0.3, 0.4) is 0 Å². The van der Waals surface area contributed by atoms with Gasteiger partial charge in [-0.2, -0.15) is 0 Å². The molecule has 1 aromatic rings. The van der Waals surface area contributed by atoms with E-state index in [0.29, 0.717) is 5.15 Å². The number of hydrogen-bond donors (Lipinski definition) is 0. The van der Waals surface area contributed by atoms with E-state index >= 15 is 0 Å². The third-order valence-electron chi connectivity index (χ3n) is 3.11. The molecular weight excluding hydrogens is 224 g/mol. The molecule has 1 aliphatic rings. The van der Waals surface area contributed by atoms with E-state index in [9.17, 15) is 0 Å². The smallest absolute Gasteiger partial charge is 0.137 e. The molecule has 0 amide bonds. The number of rotatable bonds is 2. The molecule has 88 valence electrons. The van der Waals surface area contributed by atoms with E-state index < -0.39 is 0 Å². The molecule has 0 aliphatic carbocycles. The van der Waals surface area contributed by atoms with Gasteiger partial charge in [-0.05, 0) is 13.5 Å². The summed E-state index contributed by atoms with van der Waals surface area (Å²) in [4.78, 5) is 13.0. The molecule has 0 spiro atoms. The summed E-state index contributed by atoms with van der Waals surface area (Å²) < 4.78 is 0. The van der Waals surface area contributed by atoms with Gasteiger partial charge in [-0.25, -0.2) is 9.97 Å². The normalized spacial score (nSPS) is 17.8. The van der Waals surface area contributed by atoms with E-state index in [1.54, 1.807) is 0 Å². The van der Waals surface area contributed by atoms with Crippen molar-refractivity contribution in [1.82, 2.24) is 14.9 Å². The van der Waals surface area contributed by atoms with Crippen LogP contribution in [0, 0.1) is 6.92 Å². The first-order valence-corrected chi connectivity index (χ1v) is 6.04. The first-order valence-electron chi connectivity index (χ1n) is 5.66. The van der Waals surface area contributed by atoms with E-state index in [0.717, 1.165) is 44.1 Å². The maximum Gasteiger partial charge on any atom is 0.137 e. The Balaban J connectivity index is 2.11. The Kier molecular flexibility index (Phi) is 3.61. The Morgan fingerprint density at radius 1 is 1.25 bits per heavy atom. The number of halogens is 1. The van der Waals surface area contributed by atoms with Gasteiger partial charge in [0.2, 0.25) is 0 Å². The molecule has 0 saturated carbocycles. The molecule has 1 aliphatic heterocycles. The summed E-state index contributed by atoms with van der Waals surface area (Å²) in [6.07, 6.45) is 1.54. The van der Waals surface area contributed by atoms with Crippen molar-refractivity contribution in [1.29, 1.82) is 0 Å². The van der Waals surface area contributed by atoms with Gasteiger partial charge in [0.15, 0.2) is 0 Å². The molecule has 5 heteroatoms. The summed E-state index contributed by atoms with van der Waals surface area (Å²) in [5.41, 5.74) is 0.981. The van der Waals surface area contributed by atoms with Crippen molar-refractivity contribution in [2.45, 2.75) is 13.8 Å². The lowest BCUT2D eigenvalue weighted by Crippen LogP contribution is -2.46. The Labute approximate surface area is 101 Å². The molecule has 2 rings (SSSR count). The number of nitrogens with zero attached hydrogens (tertiary/aromatic N) is 4. The Morgan fingerprint density at radius 3 is 2.56 bits per heavy atom. The monoisotopic (exact) mass is 240 g/mol. The Hall–Kier alpha value is -0.870. The average Bonchev–Trinajstić information content (AvgIpc) is 2.33. The molecule has 0 N–H and O–H groups in total. The van der Waals surface area contributed by atoms with Crippen LogP contribution in [0.25, 0.3) is 0 Å². The van der Waals surface area contributed by atoms with Gasteiger partial charge in [0.1, 0.15) is 17.3 Å². The van der Waals surface area contributed by atoms with Gasteiger partial charge in [-0.15, -0.1) is 0 Å². The third-order valence-corrected chi connectivity index (χ3v) is 3.50. The van der Waals surface area contributed by atoms with Gasteiger partial charge < -0.3 is 9.80 Å². The molecule has 16 heavy (non-hydrogen) atoms. The van der Waals surface area contributed by atoms with Crippen molar-refractivity contribution in [3.63, 3.8) is 0 Å². The molecule has 0 unspecified atom stereocenters. The second kappa shape index (κ2) is 4.97. The van der Waals surface area contributed by atoms with Gasteiger partial charge in [0.05, 0.1) is 0 Å². The number of likely N-dealkylation sites (N-methyl/N-ethyl adjacent to an activating group) is 1. The first-order chi connectivity index (χ1) is 7.72. The van der Waals surface area contributed by atoms with Gasteiger partial charge >= 0.3 is 0 Å². The van der Waals surface area contributed by atoms with Crippen LogP contribution < -0.4 is 4.90 Å². The predicted octanol–water partition coefficient (Wildman–Crippen LogP) is 1.58. The minimum Gasteiger partial charge on any atom is -0.354 e. The van der Waals surface area contributed by atoms with Crippen molar-refractivity contribution in [2.75, 3.05) is 37.6 Å². The van der Waals surface area contributed by atoms with Crippen molar-refractivity contribution in [3.8, 4) is 0 Å². The number of hydrogen-bond acceptors (Lipinski definition) is 4. The first kappa shape index (κ1) is 11.6. The molecule has 0 atom stereocenters. The lowest BCUT2D eigenvalue weighted by atomic mass is 10.2. The second-order valence-electron chi connectivity index (χ2n) is 4.03. The average molecular weight is 241 g/mol. The minimum atomic E-state index is 0.558. The molecule has 1 saturated heterocycles. The molecule has 1 fully saturated rings. The van der Waals surface area contributed by atoms with Gasteiger partial charge in [-0.3, -0.25) is 0 Å². The largest absolute Gasteiger partial charge is 0.354 e. The van der Waals surface area contributed by atoms with Crippen LogP contribution in [0.2, 0.25) is 5.15 Å². The highest BCUT2D eigenvalue weighted by Crippen LogP contribution is 2.22. The van der Waals surface area contributed by atoms with Gasteiger partial charge in [0.25, 0.3) is 0 Å². The molecule has 2 heterocycles. The highest BCUT2D eigenvalue weighted by molar-refractivity contribution is 6.30. The zero-order chi connectivity index (χ0) is 11.5. The molecule has 0 aromatic carbocycles. The maximum absolute atomic E-state index is 6.00. The van der Waals surface area contributed by atoms with Crippen molar-refractivity contribution in [2.24, 2.45) is 0 Å². The molecule has 4 nitrogen and oxygen atoms in total.